The summed E-state index contributed by atoms with van der Waals surface area (Å²) in [6, 6.07) is 5.09. The number of aryl methyl sites for hydroxylation is 1. The Kier molecular flexibility index (Phi) is 4.11. The molecule has 0 atom stereocenters. The fourth-order valence-corrected chi connectivity index (χ4v) is 2.13. The molecule has 19 heavy (non-hydrogen) atoms. The van der Waals surface area contributed by atoms with E-state index in [1.165, 1.54) is 4.68 Å². The van der Waals surface area contributed by atoms with Crippen molar-refractivity contribution in [2.75, 3.05) is 11.1 Å². The van der Waals surface area contributed by atoms with E-state index in [2.05, 4.69) is 26.3 Å². The number of aromatic nitrogens is 2. The minimum atomic E-state index is -0.201. The number of rotatable bonds is 3. The normalized spacial score (nSPS) is 10.5. The van der Waals surface area contributed by atoms with Crippen LogP contribution in [0.1, 0.15) is 6.92 Å². The number of halogens is 2. The molecule has 7 heteroatoms. The van der Waals surface area contributed by atoms with Crippen LogP contribution in [0.5, 0.6) is 0 Å². The fraction of sp³-hybridized carbons (Fsp3) is 0.167. The second kappa shape index (κ2) is 5.63. The summed E-state index contributed by atoms with van der Waals surface area (Å²) >= 11 is 9.32. The Labute approximate surface area is 123 Å². The molecule has 0 unspecified atom stereocenters. The lowest BCUT2D eigenvalue weighted by atomic mass is 10.2. The van der Waals surface area contributed by atoms with Gasteiger partial charge in [-0.3, -0.25) is 4.79 Å². The van der Waals surface area contributed by atoms with E-state index in [0.29, 0.717) is 33.1 Å². The molecule has 5 nitrogen and oxygen atoms in total. The summed E-state index contributed by atoms with van der Waals surface area (Å²) in [7, 11) is 0. The average molecular weight is 344 g/mol. The first-order chi connectivity index (χ1) is 9.02. The van der Waals surface area contributed by atoms with Crippen molar-refractivity contribution in [2.45, 2.75) is 13.5 Å². The number of benzene rings is 1. The highest BCUT2D eigenvalue weighted by atomic mass is 79.9. The summed E-state index contributed by atoms with van der Waals surface area (Å²) < 4.78 is 1.76. The third kappa shape index (κ3) is 2.90. The van der Waals surface area contributed by atoms with Gasteiger partial charge in [-0.2, -0.15) is 5.10 Å². The maximum absolute atomic E-state index is 11.9. The molecule has 0 fully saturated rings. The molecular weight excluding hydrogens is 332 g/mol. The maximum Gasteiger partial charge on any atom is 0.283 e. The van der Waals surface area contributed by atoms with Gasteiger partial charge >= 0.3 is 0 Å². The second-order valence-corrected chi connectivity index (χ2v) is 5.06. The number of nitrogens with two attached hydrogens (primary N) is 1. The summed E-state index contributed by atoms with van der Waals surface area (Å²) in [5.41, 5.74) is 7.25. The molecule has 2 aromatic rings. The van der Waals surface area contributed by atoms with Crippen LogP contribution in [0.2, 0.25) is 5.02 Å². The van der Waals surface area contributed by atoms with Gasteiger partial charge in [0.1, 0.15) is 4.47 Å². The molecule has 0 spiro atoms. The number of nitrogens with zero attached hydrogens (tertiary/aromatic N) is 2. The van der Waals surface area contributed by atoms with Gasteiger partial charge in [-0.15, -0.1) is 0 Å². The number of nitrogen functional groups attached to an aromatic ring is 1. The molecule has 0 bridgehead atoms. The molecule has 1 heterocycles. The largest absolute Gasteiger partial charge is 0.399 e. The summed E-state index contributed by atoms with van der Waals surface area (Å²) in [5, 5.41) is 7.60. The van der Waals surface area contributed by atoms with E-state index < -0.39 is 0 Å². The molecule has 3 N–H and O–H groups in total. The predicted molar refractivity (Wildman–Crippen MR) is 81.0 cm³/mol. The second-order valence-electron chi connectivity index (χ2n) is 3.86. The highest BCUT2D eigenvalue weighted by Gasteiger charge is 2.09. The first kappa shape index (κ1) is 13.9. The van der Waals surface area contributed by atoms with Crippen molar-refractivity contribution in [2.24, 2.45) is 0 Å². The van der Waals surface area contributed by atoms with Crippen LogP contribution in [-0.2, 0) is 6.54 Å². The highest BCUT2D eigenvalue weighted by Crippen LogP contribution is 2.29. The van der Waals surface area contributed by atoms with Gasteiger partial charge in [-0.1, -0.05) is 11.6 Å². The van der Waals surface area contributed by atoms with Gasteiger partial charge in [0, 0.05) is 12.2 Å². The summed E-state index contributed by atoms with van der Waals surface area (Å²) in [5.74, 6) is 0. The van der Waals surface area contributed by atoms with E-state index in [-0.39, 0.29) is 5.56 Å². The van der Waals surface area contributed by atoms with Crippen LogP contribution in [0.25, 0.3) is 0 Å². The standard InChI is InChI=1S/C12H12BrClN4O/c1-2-18-12(19)11(13)10(6-16-18)17-9-5-7(15)3-4-8(9)14/h3-6,17H,2,15H2,1H3. The van der Waals surface area contributed by atoms with Crippen molar-refractivity contribution in [1.82, 2.24) is 9.78 Å². The van der Waals surface area contributed by atoms with E-state index in [9.17, 15) is 4.79 Å². The zero-order chi connectivity index (χ0) is 14.0. The van der Waals surface area contributed by atoms with Crippen LogP contribution in [0.4, 0.5) is 17.1 Å². The Balaban J connectivity index is 2.42. The van der Waals surface area contributed by atoms with Crippen molar-refractivity contribution < 1.29 is 0 Å². The molecule has 0 amide bonds. The molecule has 1 aromatic carbocycles. The SMILES string of the molecule is CCn1ncc(Nc2cc(N)ccc2Cl)c(Br)c1=O. The first-order valence-electron chi connectivity index (χ1n) is 5.60. The van der Waals surface area contributed by atoms with Gasteiger partial charge < -0.3 is 11.1 Å². The highest BCUT2D eigenvalue weighted by molar-refractivity contribution is 9.10. The number of hydrogen-bond donors (Lipinski definition) is 2. The third-order valence-corrected chi connectivity index (χ3v) is 3.64. The lowest BCUT2D eigenvalue weighted by Gasteiger charge is -2.11. The number of nitrogens with one attached hydrogen (secondary N) is 1. The smallest absolute Gasteiger partial charge is 0.283 e. The van der Waals surface area contributed by atoms with Gasteiger partial charge in [0.25, 0.3) is 5.56 Å². The van der Waals surface area contributed by atoms with Crippen LogP contribution < -0.4 is 16.6 Å². The van der Waals surface area contributed by atoms with Gasteiger partial charge in [0.15, 0.2) is 0 Å². The topological polar surface area (TPSA) is 72.9 Å². The van der Waals surface area contributed by atoms with Gasteiger partial charge in [-0.05, 0) is 41.1 Å². The van der Waals surface area contributed by atoms with E-state index in [0.717, 1.165) is 0 Å². The van der Waals surface area contributed by atoms with Crippen molar-refractivity contribution in [3.05, 3.63) is 44.2 Å². The first-order valence-corrected chi connectivity index (χ1v) is 6.77. The Morgan fingerprint density at radius 2 is 2.21 bits per heavy atom. The number of anilines is 3. The maximum atomic E-state index is 11.9. The Morgan fingerprint density at radius 3 is 2.89 bits per heavy atom. The van der Waals surface area contributed by atoms with Crippen molar-refractivity contribution in [3.8, 4) is 0 Å². The van der Waals surface area contributed by atoms with Crippen LogP contribution >= 0.6 is 27.5 Å². The lowest BCUT2D eigenvalue weighted by Crippen LogP contribution is -2.23. The molecule has 0 saturated carbocycles. The Hall–Kier alpha value is -1.53. The van der Waals surface area contributed by atoms with Crippen molar-refractivity contribution >= 4 is 44.6 Å². The van der Waals surface area contributed by atoms with Crippen LogP contribution in [-0.4, -0.2) is 9.78 Å². The van der Waals surface area contributed by atoms with Crippen molar-refractivity contribution in [1.29, 1.82) is 0 Å². The minimum absolute atomic E-state index is 0.201. The molecule has 2 rings (SSSR count). The van der Waals surface area contributed by atoms with E-state index >= 15 is 0 Å². The Morgan fingerprint density at radius 1 is 1.47 bits per heavy atom. The molecule has 100 valence electrons. The molecule has 0 aliphatic heterocycles. The van der Waals surface area contributed by atoms with E-state index in [1.807, 2.05) is 6.92 Å². The number of hydrogen-bond acceptors (Lipinski definition) is 4. The molecule has 1 aromatic heterocycles. The Bertz CT molecular complexity index is 671. The molecule has 0 aliphatic carbocycles. The van der Waals surface area contributed by atoms with E-state index in [4.69, 9.17) is 17.3 Å². The minimum Gasteiger partial charge on any atom is -0.399 e. The average Bonchev–Trinajstić information content (AvgIpc) is 2.39. The van der Waals surface area contributed by atoms with Crippen LogP contribution in [0.3, 0.4) is 0 Å². The monoisotopic (exact) mass is 342 g/mol. The predicted octanol–water partition coefficient (Wildman–Crippen LogP) is 3.00. The quantitative estimate of drug-likeness (QED) is 0.840. The van der Waals surface area contributed by atoms with Gasteiger partial charge in [0.05, 0.1) is 22.6 Å². The summed E-state index contributed by atoms with van der Waals surface area (Å²) in [6.07, 6.45) is 1.56. The van der Waals surface area contributed by atoms with Gasteiger partial charge in [0.2, 0.25) is 0 Å². The van der Waals surface area contributed by atoms with Crippen molar-refractivity contribution in [3.63, 3.8) is 0 Å². The molecule has 0 aliphatic rings. The molecular formula is C12H12BrClN4O. The summed E-state index contributed by atoms with van der Waals surface area (Å²) in [6.45, 7) is 2.36. The zero-order valence-corrected chi connectivity index (χ0v) is 12.5. The zero-order valence-electron chi connectivity index (χ0n) is 10.2. The lowest BCUT2D eigenvalue weighted by molar-refractivity contribution is 0.613. The van der Waals surface area contributed by atoms with Crippen LogP contribution in [0.15, 0.2) is 33.7 Å². The fourth-order valence-electron chi connectivity index (χ4n) is 1.56. The van der Waals surface area contributed by atoms with Crippen LogP contribution in [0, 0.1) is 0 Å². The molecule has 0 saturated heterocycles. The summed E-state index contributed by atoms with van der Waals surface area (Å²) in [4.78, 5) is 11.9. The van der Waals surface area contributed by atoms with Gasteiger partial charge in [-0.25, -0.2) is 4.68 Å². The molecule has 0 radical (unpaired) electrons. The van der Waals surface area contributed by atoms with E-state index in [1.54, 1.807) is 24.4 Å². The third-order valence-electron chi connectivity index (χ3n) is 2.54.